The maximum absolute atomic E-state index is 13.7. The molecule has 3 atom stereocenters. The minimum Gasteiger partial charge on any atom is -0.391 e. The lowest BCUT2D eigenvalue weighted by atomic mass is 10.0. The van der Waals surface area contributed by atoms with Gasteiger partial charge in [-0.3, -0.25) is 19.2 Å². The van der Waals surface area contributed by atoms with Crippen LogP contribution in [0.3, 0.4) is 0 Å². The van der Waals surface area contributed by atoms with Crippen LogP contribution in [0.5, 0.6) is 0 Å². The van der Waals surface area contributed by atoms with E-state index in [2.05, 4.69) is 5.32 Å². The number of benzene rings is 2. The lowest BCUT2D eigenvalue weighted by Crippen LogP contribution is -2.44. The third-order valence-electron chi connectivity index (χ3n) is 6.16. The summed E-state index contributed by atoms with van der Waals surface area (Å²) in [6.45, 7) is 6.51. The molecular weight excluding hydrogens is 514 g/mol. The van der Waals surface area contributed by atoms with Crippen LogP contribution in [0.1, 0.15) is 32.8 Å². The molecule has 1 aliphatic heterocycles. The molecule has 2 N–H and O–H groups in total. The van der Waals surface area contributed by atoms with Gasteiger partial charge in [0.15, 0.2) is 0 Å². The van der Waals surface area contributed by atoms with E-state index in [9.17, 15) is 28.4 Å². The fraction of sp³-hybridized carbons (Fsp3) is 0.500. The van der Waals surface area contributed by atoms with Gasteiger partial charge in [-0.25, -0.2) is 8.42 Å². The number of aliphatic hydroxyl groups is 1. The van der Waals surface area contributed by atoms with E-state index in [0.29, 0.717) is 24.5 Å². The Morgan fingerprint density at radius 3 is 2.50 bits per heavy atom. The standard InChI is InChI=1S/C26H35N3O8S/c1-18(2)15-28(38(34,35)23-10-8-21(9-11-23)29(32)33)24-7-5-4-6-20(24)14-25(30)19(3)27-26(31)17-37-22-12-13-36-16-22/h4-11,18-19,22,25,30H,12-17H2,1-3H3,(H,27,31)/t19-,22-,25+/m0/s1. The monoisotopic (exact) mass is 549 g/mol. The lowest BCUT2D eigenvalue weighted by molar-refractivity contribution is -0.384. The number of carbonyl (C=O) groups excluding carboxylic acids is 1. The van der Waals surface area contributed by atoms with Gasteiger partial charge >= 0.3 is 0 Å². The number of hydrogen-bond acceptors (Lipinski definition) is 8. The Kier molecular flexibility index (Phi) is 10.2. The molecule has 1 fully saturated rings. The van der Waals surface area contributed by atoms with Crippen LogP contribution in [0.2, 0.25) is 0 Å². The van der Waals surface area contributed by atoms with Crippen LogP contribution in [-0.2, 0) is 30.7 Å². The van der Waals surface area contributed by atoms with Crippen molar-refractivity contribution in [3.05, 3.63) is 64.2 Å². The van der Waals surface area contributed by atoms with Crippen LogP contribution >= 0.6 is 0 Å². The van der Waals surface area contributed by atoms with E-state index in [-0.39, 0.29) is 48.1 Å². The number of non-ortho nitro benzene ring substituents is 1. The molecule has 208 valence electrons. The fourth-order valence-corrected chi connectivity index (χ4v) is 5.75. The number of anilines is 1. The molecule has 11 nitrogen and oxygen atoms in total. The summed E-state index contributed by atoms with van der Waals surface area (Å²) in [5.74, 6) is -0.400. The summed E-state index contributed by atoms with van der Waals surface area (Å²) in [5.41, 5.74) is 0.758. The molecule has 2 aromatic carbocycles. The number of rotatable bonds is 13. The van der Waals surface area contributed by atoms with E-state index in [0.717, 1.165) is 18.6 Å². The number of aliphatic hydroxyl groups excluding tert-OH is 1. The van der Waals surface area contributed by atoms with E-state index in [1.807, 2.05) is 13.8 Å². The van der Waals surface area contributed by atoms with Crippen LogP contribution in [0.4, 0.5) is 11.4 Å². The molecule has 0 radical (unpaired) electrons. The Bertz CT molecular complexity index is 1200. The summed E-state index contributed by atoms with van der Waals surface area (Å²) in [5, 5.41) is 24.6. The Balaban J connectivity index is 1.78. The maximum Gasteiger partial charge on any atom is 0.269 e. The van der Waals surface area contributed by atoms with Gasteiger partial charge in [-0.05, 0) is 43.0 Å². The molecule has 12 heteroatoms. The van der Waals surface area contributed by atoms with E-state index in [1.54, 1.807) is 31.2 Å². The van der Waals surface area contributed by atoms with Gasteiger partial charge < -0.3 is 19.9 Å². The summed E-state index contributed by atoms with van der Waals surface area (Å²) in [4.78, 5) is 22.6. The first kappa shape index (κ1) is 29.5. The van der Waals surface area contributed by atoms with Crippen LogP contribution in [0, 0.1) is 16.0 Å². The second-order valence-electron chi connectivity index (χ2n) is 9.73. The van der Waals surface area contributed by atoms with Crippen LogP contribution in [-0.4, -0.2) is 69.0 Å². The summed E-state index contributed by atoms with van der Waals surface area (Å²) in [7, 11) is -4.07. The molecule has 0 saturated carbocycles. The molecule has 0 unspecified atom stereocenters. The van der Waals surface area contributed by atoms with Crippen LogP contribution < -0.4 is 9.62 Å². The number of ether oxygens (including phenoxy) is 2. The Morgan fingerprint density at radius 2 is 1.89 bits per heavy atom. The number of nitrogens with zero attached hydrogens (tertiary/aromatic N) is 2. The lowest BCUT2D eigenvalue weighted by Gasteiger charge is -2.29. The average Bonchev–Trinajstić information content (AvgIpc) is 3.40. The molecular formula is C26H35N3O8S. The molecule has 1 amide bonds. The summed E-state index contributed by atoms with van der Waals surface area (Å²) >= 11 is 0. The van der Waals surface area contributed by atoms with Crippen molar-refractivity contribution in [1.29, 1.82) is 0 Å². The van der Waals surface area contributed by atoms with Gasteiger partial charge in [0, 0.05) is 31.7 Å². The molecule has 1 aliphatic rings. The second-order valence-corrected chi connectivity index (χ2v) is 11.6. The van der Waals surface area contributed by atoms with E-state index < -0.39 is 27.1 Å². The number of nitrogens with one attached hydrogen (secondary N) is 1. The van der Waals surface area contributed by atoms with Crippen molar-refractivity contribution in [3.63, 3.8) is 0 Å². The molecule has 0 spiro atoms. The summed E-state index contributed by atoms with van der Waals surface area (Å²) in [6, 6.07) is 11.0. The minimum atomic E-state index is -4.07. The number of sulfonamides is 1. The topological polar surface area (TPSA) is 148 Å². The average molecular weight is 550 g/mol. The first-order valence-electron chi connectivity index (χ1n) is 12.5. The molecule has 1 saturated heterocycles. The smallest absolute Gasteiger partial charge is 0.269 e. The molecule has 0 aliphatic carbocycles. The molecule has 2 aromatic rings. The van der Waals surface area contributed by atoms with Gasteiger partial charge in [0.2, 0.25) is 5.91 Å². The molecule has 3 rings (SSSR count). The third-order valence-corrected chi connectivity index (χ3v) is 7.95. The molecule has 38 heavy (non-hydrogen) atoms. The number of hydrogen-bond donors (Lipinski definition) is 2. The third kappa shape index (κ3) is 7.73. The largest absolute Gasteiger partial charge is 0.391 e. The van der Waals surface area contributed by atoms with Crippen molar-refractivity contribution in [2.75, 3.05) is 30.7 Å². The number of para-hydroxylation sites is 1. The zero-order chi connectivity index (χ0) is 27.9. The number of carbonyl (C=O) groups is 1. The van der Waals surface area contributed by atoms with Gasteiger partial charge in [-0.2, -0.15) is 0 Å². The zero-order valence-electron chi connectivity index (χ0n) is 21.8. The minimum absolute atomic E-state index is 0.0377. The van der Waals surface area contributed by atoms with Crippen molar-refractivity contribution < 1.29 is 32.7 Å². The predicted molar refractivity (Wildman–Crippen MR) is 141 cm³/mol. The van der Waals surface area contributed by atoms with Gasteiger partial charge in [0.1, 0.15) is 6.61 Å². The van der Waals surface area contributed by atoms with E-state index in [4.69, 9.17) is 9.47 Å². The molecule has 0 aromatic heterocycles. The highest BCUT2D eigenvalue weighted by Crippen LogP contribution is 2.30. The van der Waals surface area contributed by atoms with Crippen LogP contribution in [0.25, 0.3) is 0 Å². The highest BCUT2D eigenvalue weighted by atomic mass is 32.2. The zero-order valence-corrected chi connectivity index (χ0v) is 22.6. The fourth-order valence-electron chi connectivity index (χ4n) is 4.08. The Hall–Kier alpha value is -3.06. The predicted octanol–water partition coefficient (Wildman–Crippen LogP) is 2.66. The van der Waals surface area contributed by atoms with Gasteiger partial charge in [0.25, 0.3) is 15.7 Å². The highest BCUT2D eigenvalue weighted by Gasteiger charge is 2.29. The quantitative estimate of drug-likeness (QED) is 0.286. The normalized spacial score (nSPS) is 17.2. The second kappa shape index (κ2) is 13.1. The van der Waals surface area contributed by atoms with Crippen molar-refractivity contribution in [3.8, 4) is 0 Å². The van der Waals surface area contributed by atoms with E-state index in [1.165, 1.54) is 16.4 Å². The Labute approximate surface area is 222 Å². The molecule has 1 heterocycles. The van der Waals surface area contributed by atoms with Crippen molar-refractivity contribution in [2.45, 2.75) is 56.8 Å². The van der Waals surface area contributed by atoms with Gasteiger partial charge in [-0.1, -0.05) is 32.0 Å². The van der Waals surface area contributed by atoms with Crippen molar-refractivity contribution >= 4 is 27.3 Å². The first-order valence-corrected chi connectivity index (χ1v) is 13.9. The van der Waals surface area contributed by atoms with Gasteiger partial charge in [-0.15, -0.1) is 0 Å². The van der Waals surface area contributed by atoms with Crippen molar-refractivity contribution in [2.24, 2.45) is 5.92 Å². The molecule has 0 bridgehead atoms. The van der Waals surface area contributed by atoms with Crippen molar-refractivity contribution in [1.82, 2.24) is 5.32 Å². The Morgan fingerprint density at radius 1 is 1.21 bits per heavy atom. The first-order chi connectivity index (χ1) is 18.0. The summed E-state index contributed by atoms with van der Waals surface area (Å²) in [6.07, 6.45) is -0.299. The SMILES string of the molecule is CC(C)CN(c1ccccc1C[C@@H](O)[C@H](C)NC(=O)CO[C@H]1CCOC1)S(=O)(=O)c1ccc([N+](=O)[O-])cc1. The number of nitro groups is 1. The maximum atomic E-state index is 13.7. The highest BCUT2D eigenvalue weighted by molar-refractivity contribution is 7.92. The number of amides is 1. The van der Waals surface area contributed by atoms with Gasteiger partial charge in [0.05, 0.1) is 40.4 Å². The van der Waals surface area contributed by atoms with E-state index >= 15 is 0 Å². The van der Waals surface area contributed by atoms with Crippen LogP contribution in [0.15, 0.2) is 53.4 Å². The summed E-state index contributed by atoms with van der Waals surface area (Å²) < 4.78 is 39.3. The number of nitro benzene ring substituents is 1.